The number of ether oxygens (including phenoxy) is 3. The number of fused-ring (bicyclic) bond motifs is 1. The van der Waals surface area contributed by atoms with E-state index in [0.717, 1.165) is 5.75 Å². The number of halogens is 1. The molecule has 0 bridgehead atoms. The molecule has 0 saturated carbocycles. The van der Waals surface area contributed by atoms with E-state index in [1.165, 1.54) is 23.8 Å². The zero-order valence-corrected chi connectivity index (χ0v) is 14.4. The molecular weight excluding hydrogens is 334 g/mol. The molecule has 24 heavy (non-hydrogen) atoms. The number of ketones is 1. The van der Waals surface area contributed by atoms with Crippen molar-refractivity contribution in [3.05, 3.63) is 29.3 Å². The molecule has 1 heterocycles. The second kappa shape index (κ2) is 7.68. The van der Waals surface area contributed by atoms with Gasteiger partial charge in [-0.2, -0.15) is 0 Å². The largest absolute Gasteiger partial charge is 0.508 e. The van der Waals surface area contributed by atoms with Crippen LogP contribution in [0.15, 0.2) is 18.2 Å². The molecule has 1 aliphatic heterocycles. The lowest BCUT2D eigenvalue weighted by Gasteiger charge is -2.33. The molecule has 1 aromatic carbocycles. The van der Waals surface area contributed by atoms with Crippen LogP contribution in [-0.4, -0.2) is 56.8 Å². The Morgan fingerprint density at radius 3 is 2.83 bits per heavy atom. The van der Waals surface area contributed by atoms with Gasteiger partial charge < -0.3 is 14.2 Å². The maximum absolute atomic E-state index is 11.9. The van der Waals surface area contributed by atoms with Crippen molar-refractivity contribution < 1.29 is 23.8 Å². The van der Waals surface area contributed by atoms with E-state index in [-0.39, 0.29) is 18.2 Å². The Labute approximate surface area is 146 Å². The van der Waals surface area contributed by atoms with Crippen molar-refractivity contribution in [2.24, 2.45) is 0 Å². The molecule has 2 aliphatic rings. The van der Waals surface area contributed by atoms with Gasteiger partial charge in [0.25, 0.3) is 0 Å². The SMILES string of the molecule is COC(=O)OC1CN(CC2=Cc3ccc(OC)cc32)CCC1=O.Cl. The van der Waals surface area contributed by atoms with Crippen LogP contribution in [0.4, 0.5) is 4.79 Å². The van der Waals surface area contributed by atoms with Gasteiger partial charge in [0.2, 0.25) is 0 Å². The highest BCUT2D eigenvalue weighted by atomic mass is 35.5. The normalized spacial score (nSPS) is 19.3. The minimum Gasteiger partial charge on any atom is -0.497 e. The second-order valence-corrected chi connectivity index (χ2v) is 5.63. The van der Waals surface area contributed by atoms with Crippen LogP contribution in [0.5, 0.6) is 5.75 Å². The zero-order chi connectivity index (χ0) is 16.4. The summed E-state index contributed by atoms with van der Waals surface area (Å²) in [5, 5.41) is 0. The summed E-state index contributed by atoms with van der Waals surface area (Å²) >= 11 is 0. The van der Waals surface area contributed by atoms with Gasteiger partial charge in [-0.3, -0.25) is 9.69 Å². The molecule has 1 aliphatic carbocycles. The van der Waals surface area contributed by atoms with Gasteiger partial charge in [0.1, 0.15) is 5.75 Å². The quantitative estimate of drug-likeness (QED) is 0.774. The van der Waals surface area contributed by atoms with Gasteiger partial charge in [-0.1, -0.05) is 6.07 Å². The third-order valence-electron chi connectivity index (χ3n) is 4.19. The summed E-state index contributed by atoms with van der Waals surface area (Å²) in [7, 11) is 2.88. The van der Waals surface area contributed by atoms with Crippen LogP contribution in [-0.2, 0) is 14.3 Å². The van der Waals surface area contributed by atoms with E-state index in [2.05, 4.69) is 15.7 Å². The molecule has 0 N–H and O–H groups in total. The molecule has 6 nitrogen and oxygen atoms in total. The minimum atomic E-state index is -0.817. The van der Waals surface area contributed by atoms with Crippen molar-refractivity contribution in [1.29, 1.82) is 0 Å². The number of hydrogen-bond acceptors (Lipinski definition) is 6. The number of benzene rings is 1. The first-order valence-corrected chi connectivity index (χ1v) is 7.49. The van der Waals surface area contributed by atoms with E-state index in [1.54, 1.807) is 7.11 Å². The van der Waals surface area contributed by atoms with Crippen molar-refractivity contribution in [1.82, 2.24) is 4.90 Å². The Balaban J connectivity index is 0.00000208. The third kappa shape index (κ3) is 3.71. The number of rotatable bonds is 4. The van der Waals surface area contributed by atoms with Crippen LogP contribution in [0.2, 0.25) is 0 Å². The van der Waals surface area contributed by atoms with Crippen LogP contribution in [0.1, 0.15) is 17.5 Å². The molecule has 130 valence electrons. The van der Waals surface area contributed by atoms with E-state index in [4.69, 9.17) is 9.47 Å². The summed E-state index contributed by atoms with van der Waals surface area (Å²) in [5.74, 6) is 0.770. The van der Waals surface area contributed by atoms with E-state index >= 15 is 0 Å². The summed E-state index contributed by atoms with van der Waals surface area (Å²) < 4.78 is 14.7. The van der Waals surface area contributed by atoms with Crippen LogP contribution in [0.3, 0.4) is 0 Å². The van der Waals surface area contributed by atoms with Crippen molar-refractivity contribution in [2.75, 3.05) is 33.9 Å². The molecule has 1 fully saturated rings. The first-order valence-electron chi connectivity index (χ1n) is 7.49. The first-order chi connectivity index (χ1) is 11.1. The Morgan fingerprint density at radius 1 is 1.33 bits per heavy atom. The Bertz CT molecular complexity index is 673. The molecule has 1 saturated heterocycles. The van der Waals surface area contributed by atoms with E-state index in [0.29, 0.717) is 26.1 Å². The van der Waals surface area contributed by atoms with Gasteiger partial charge in [-0.25, -0.2) is 4.79 Å². The Kier molecular flexibility index (Phi) is 5.85. The summed E-state index contributed by atoms with van der Waals surface area (Å²) in [6.07, 6.45) is 0.936. The Hall–Kier alpha value is -2.05. The van der Waals surface area contributed by atoms with E-state index in [9.17, 15) is 9.59 Å². The first kappa shape index (κ1) is 18.3. The predicted molar refractivity (Wildman–Crippen MR) is 91.5 cm³/mol. The summed E-state index contributed by atoms with van der Waals surface area (Å²) in [6.45, 7) is 1.77. The molecule has 3 rings (SSSR count). The van der Waals surface area contributed by atoms with Crippen molar-refractivity contribution in [3.8, 4) is 5.75 Å². The van der Waals surface area contributed by atoms with Gasteiger partial charge in [0.05, 0.1) is 14.2 Å². The summed E-state index contributed by atoms with van der Waals surface area (Å²) in [6, 6.07) is 5.98. The topological polar surface area (TPSA) is 65.1 Å². The number of nitrogens with zero attached hydrogens (tertiary/aromatic N) is 1. The molecule has 0 spiro atoms. The number of carbonyl (C=O) groups excluding carboxylic acids is 2. The van der Waals surface area contributed by atoms with Crippen LogP contribution >= 0.6 is 12.4 Å². The van der Waals surface area contributed by atoms with Gasteiger partial charge in [0, 0.05) is 26.1 Å². The average Bonchev–Trinajstić information content (AvgIpc) is 2.55. The monoisotopic (exact) mass is 353 g/mol. The molecule has 1 aromatic rings. The number of methoxy groups -OCH3 is 2. The minimum absolute atomic E-state index is 0. The summed E-state index contributed by atoms with van der Waals surface area (Å²) in [4.78, 5) is 25.2. The highest BCUT2D eigenvalue weighted by Crippen LogP contribution is 2.35. The lowest BCUT2D eigenvalue weighted by molar-refractivity contribution is -0.133. The van der Waals surface area contributed by atoms with Gasteiger partial charge in [-0.15, -0.1) is 12.4 Å². The van der Waals surface area contributed by atoms with Gasteiger partial charge in [-0.05, 0) is 34.9 Å². The van der Waals surface area contributed by atoms with Crippen LogP contribution < -0.4 is 4.74 Å². The van der Waals surface area contributed by atoms with Crippen LogP contribution in [0, 0.1) is 0 Å². The van der Waals surface area contributed by atoms with Crippen molar-refractivity contribution >= 4 is 36.0 Å². The third-order valence-corrected chi connectivity index (χ3v) is 4.19. The fourth-order valence-corrected chi connectivity index (χ4v) is 2.89. The molecule has 0 radical (unpaired) electrons. The fourth-order valence-electron chi connectivity index (χ4n) is 2.89. The maximum Gasteiger partial charge on any atom is 0.508 e. The molecule has 0 amide bonds. The lowest BCUT2D eigenvalue weighted by Crippen LogP contribution is -2.47. The maximum atomic E-state index is 11.9. The molecule has 7 heteroatoms. The average molecular weight is 354 g/mol. The fraction of sp³-hybridized carbons (Fsp3) is 0.412. The van der Waals surface area contributed by atoms with E-state index < -0.39 is 12.3 Å². The number of piperidine rings is 1. The molecule has 1 unspecified atom stereocenters. The van der Waals surface area contributed by atoms with Crippen molar-refractivity contribution in [2.45, 2.75) is 12.5 Å². The van der Waals surface area contributed by atoms with Gasteiger partial charge in [0.15, 0.2) is 11.9 Å². The number of hydrogen-bond donors (Lipinski definition) is 0. The van der Waals surface area contributed by atoms with E-state index in [1.807, 2.05) is 18.2 Å². The molecular formula is C17H20ClNO5. The van der Waals surface area contributed by atoms with Crippen LogP contribution in [0.25, 0.3) is 11.6 Å². The number of likely N-dealkylation sites (tertiary alicyclic amines) is 1. The number of carbonyl (C=O) groups is 2. The highest BCUT2D eigenvalue weighted by Gasteiger charge is 2.32. The number of Topliss-reactive ketones (excluding diaryl/α,β-unsaturated/α-hetero) is 1. The van der Waals surface area contributed by atoms with Gasteiger partial charge >= 0.3 is 6.16 Å². The summed E-state index contributed by atoms with van der Waals surface area (Å²) in [5.41, 5.74) is 3.56. The second-order valence-electron chi connectivity index (χ2n) is 5.63. The lowest BCUT2D eigenvalue weighted by atomic mass is 9.87. The molecule has 0 aromatic heterocycles. The smallest absolute Gasteiger partial charge is 0.497 e. The Morgan fingerprint density at radius 2 is 2.12 bits per heavy atom. The predicted octanol–water partition coefficient (Wildman–Crippen LogP) is 2.40. The zero-order valence-electron chi connectivity index (χ0n) is 13.6. The van der Waals surface area contributed by atoms with Crippen molar-refractivity contribution in [3.63, 3.8) is 0 Å². The highest BCUT2D eigenvalue weighted by molar-refractivity contribution is 5.96. The molecule has 1 atom stereocenters. The standard InChI is InChI=1S/C17H19NO5.ClH/c1-21-13-4-3-11-7-12(14(11)8-13)9-18-6-5-15(19)16(10-18)23-17(20)22-2;/h3-4,7-8,16H,5-6,9-10H2,1-2H3;1H.